The molecule has 3 rings (SSSR count). The molecule has 2 heterocycles. The molecule has 0 atom stereocenters. The van der Waals surface area contributed by atoms with Crippen LogP contribution in [-0.2, 0) is 13.6 Å². The third-order valence-electron chi connectivity index (χ3n) is 4.11. The molecule has 1 fully saturated rings. The van der Waals surface area contributed by atoms with Gasteiger partial charge in [0.15, 0.2) is 0 Å². The number of carbonyl (C=O) groups excluding carboxylic acids is 1. The molecule has 1 N–H and O–H groups in total. The number of nitrogens with zero attached hydrogens (tertiary/aromatic N) is 2. The van der Waals surface area contributed by atoms with E-state index in [2.05, 4.69) is 10.3 Å². The standard InChI is InChI=1S/C15H19N3O2.Li/c1-18-6-5-12-11(9-16-8-10-3-2-4-10)7-13(15(19)20)17-14(12)18;/h5-7,10,16H,2-4,8-9H2,1H3,(H,19,20);/q;+1/p-1. The Bertz CT molecular complexity index is 650. The number of carboxylic acids is 1. The molecule has 2 aromatic heterocycles. The Morgan fingerprint density at radius 3 is 2.90 bits per heavy atom. The van der Waals surface area contributed by atoms with E-state index in [1.54, 1.807) is 6.07 Å². The minimum Gasteiger partial charge on any atom is -0.543 e. The van der Waals surface area contributed by atoms with Crippen LogP contribution in [0.1, 0.15) is 35.3 Å². The maximum atomic E-state index is 11.1. The Hall–Kier alpha value is -1.28. The van der Waals surface area contributed by atoms with Crippen molar-refractivity contribution in [2.75, 3.05) is 6.54 Å². The van der Waals surface area contributed by atoms with Crippen LogP contribution in [0.25, 0.3) is 11.0 Å². The monoisotopic (exact) mass is 279 g/mol. The smallest absolute Gasteiger partial charge is 0.543 e. The van der Waals surface area contributed by atoms with Crippen molar-refractivity contribution in [1.29, 1.82) is 0 Å². The first kappa shape index (κ1) is 16.1. The van der Waals surface area contributed by atoms with Crippen molar-refractivity contribution < 1.29 is 28.8 Å². The third kappa shape index (κ3) is 3.32. The molecule has 0 spiro atoms. The van der Waals surface area contributed by atoms with Crippen molar-refractivity contribution in [2.45, 2.75) is 25.8 Å². The van der Waals surface area contributed by atoms with E-state index in [0.29, 0.717) is 12.2 Å². The number of carbonyl (C=O) groups is 1. The first-order valence-corrected chi connectivity index (χ1v) is 7.02. The summed E-state index contributed by atoms with van der Waals surface area (Å²) in [5.41, 5.74) is 1.65. The zero-order chi connectivity index (χ0) is 14.1. The molecule has 106 valence electrons. The number of nitrogens with one attached hydrogen (secondary N) is 1. The Kier molecular flexibility index (Phi) is 5.10. The average Bonchev–Trinajstić information content (AvgIpc) is 2.74. The molecule has 0 unspecified atom stereocenters. The van der Waals surface area contributed by atoms with E-state index in [1.165, 1.54) is 19.3 Å². The molecule has 2 aromatic rings. The van der Waals surface area contributed by atoms with Crippen LogP contribution < -0.4 is 29.3 Å². The van der Waals surface area contributed by atoms with Crippen molar-refractivity contribution >= 4 is 17.0 Å². The maximum Gasteiger partial charge on any atom is 1.00 e. The molecule has 0 saturated heterocycles. The third-order valence-corrected chi connectivity index (χ3v) is 4.11. The zero-order valence-electron chi connectivity index (χ0n) is 12.6. The number of aromatic nitrogens is 2. The van der Waals surface area contributed by atoms with Crippen LogP contribution in [-0.4, -0.2) is 22.1 Å². The fourth-order valence-corrected chi connectivity index (χ4v) is 2.66. The Morgan fingerprint density at radius 2 is 2.29 bits per heavy atom. The van der Waals surface area contributed by atoms with Gasteiger partial charge in [0, 0.05) is 25.2 Å². The van der Waals surface area contributed by atoms with Crippen LogP contribution in [0, 0.1) is 5.92 Å². The summed E-state index contributed by atoms with van der Waals surface area (Å²) in [5, 5.41) is 15.5. The SMILES string of the molecule is Cn1ccc2c(CNCC3CCC3)cc(C(=O)[O-])nc21.[Li+]. The Labute approximate surface area is 135 Å². The van der Waals surface area contributed by atoms with Crippen LogP contribution >= 0.6 is 0 Å². The predicted molar refractivity (Wildman–Crippen MR) is 74.1 cm³/mol. The second-order valence-electron chi connectivity index (χ2n) is 5.55. The van der Waals surface area contributed by atoms with Gasteiger partial charge in [0.1, 0.15) is 5.65 Å². The summed E-state index contributed by atoms with van der Waals surface area (Å²) >= 11 is 0. The fourth-order valence-electron chi connectivity index (χ4n) is 2.66. The van der Waals surface area contributed by atoms with Gasteiger partial charge in [-0.2, -0.15) is 0 Å². The van der Waals surface area contributed by atoms with Gasteiger partial charge in [-0.05, 0) is 43.0 Å². The summed E-state index contributed by atoms with van der Waals surface area (Å²) in [4.78, 5) is 15.2. The number of carboxylic acid groups (broad SMARTS) is 1. The van der Waals surface area contributed by atoms with Crippen molar-refractivity contribution in [2.24, 2.45) is 13.0 Å². The summed E-state index contributed by atoms with van der Waals surface area (Å²) < 4.78 is 1.83. The molecule has 0 radical (unpaired) electrons. The number of aromatic carboxylic acids is 1. The fraction of sp³-hybridized carbons (Fsp3) is 0.467. The van der Waals surface area contributed by atoms with E-state index < -0.39 is 5.97 Å². The first-order chi connectivity index (χ1) is 9.65. The van der Waals surface area contributed by atoms with Crippen LogP contribution in [0.2, 0.25) is 0 Å². The molecular formula is C15H18LiN3O2. The number of hydrogen-bond donors (Lipinski definition) is 1. The zero-order valence-corrected chi connectivity index (χ0v) is 12.6. The topological polar surface area (TPSA) is 70.0 Å². The van der Waals surface area contributed by atoms with E-state index >= 15 is 0 Å². The molecule has 6 heteroatoms. The van der Waals surface area contributed by atoms with Gasteiger partial charge in [-0.25, -0.2) is 4.98 Å². The van der Waals surface area contributed by atoms with Crippen molar-refractivity contribution in [1.82, 2.24) is 14.9 Å². The van der Waals surface area contributed by atoms with Gasteiger partial charge >= 0.3 is 18.9 Å². The molecule has 1 aliphatic rings. The largest absolute Gasteiger partial charge is 1.00 e. The van der Waals surface area contributed by atoms with Crippen LogP contribution in [0.15, 0.2) is 18.3 Å². The van der Waals surface area contributed by atoms with Gasteiger partial charge in [0.25, 0.3) is 0 Å². The van der Waals surface area contributed by atoms with E-state index in [0.717, 1.165) is 23.4 Å². The first-order valence-electron chi connectivity index (χ1n) is 7.02. The quantitative estimate of drug-likeness (QED) is 0.632. The average molecular weight is 279 g/mol. The van der Waals surface area contributed by atoms with Crippen LogP contribution in [0.5, 0.6) is 0 Å². The number of hydrogen-bond acceptors (Lipinski definition) is 4. The molecule has 0 bridgehead atoms. The van der Waals surface area contributed by atoms with Gasteiger partial charge in [-0.3, -0.25) is 0 Å². The molecule has 1 aliphatic carbocycles. The molecule has 0 aliphatic heterocycles. The molecule has 1 saturated carbocycles. The number of fused-ring (bicyclic) bond motifs is 1. The Morgan fingerprint density at radius 1 is 1.52 bits per heavy atom. The van der Waals surface area contributed by atoms with Gasteiger partial charge < -0.3 is 19.8 Å². The normalized spacial score (nSPS) is 14.7. The van der Waals surface area contributed by atoms with Crippen molar-refractivity contribution in [3.05, 3.63) is 29.6 Å². The van der Waals surface area contributed by atoms with Gasteiger partial charge in [0.05, 0.1) is 11.7 Å². The number of pyridine rings is 1. The number of rotatable bonds is 5. The van der Waals surface area contributed by atoms with Crippen molar-refractivity contribution in [3.8, 4) is 0 Å². The van der Waals surface area contributed by atoms with E-state index in [9.17, 15) is 9.90 Å². The maximum absolute atomic E-state index is 11.1. The second-order valence-corrected chi connectivity index (χ2v) is 5.55. The summed E-state index contributed by atoms with van der Waals surface area (Å²) in [7, 11) is 1.86. The second kappa shape index (κ2) is 6.65. The van der Waals surface area contributed by atoms with Crippen LogP contribution in [0.4, 0.5) is 0 Å². The van der Waals surface area contributed by atoms with Crippen LogP contribution in [0.3, 0.4) is 0 Å². The molecule has 21 heavy (non-hydrogen) atoms. The molecule has 0 aromatic carbocycles. The summed E-state index contributed by atoms with van der Waals surface area (Å²) in [5.74, 6) is -0.447. The molecule has 0 amide bonds. The minimum atomic E-state index is -1.23. The summed E-state index contributed by atoms with van der Waals surface area (Å²) in [6.07, 6.45) is 5.83. The molecule has 5 nitrogen and oxygen atoms in total. The van der Waals surface area contributed by atoms with Gasteiger partial charge in [-0.15, -0.1) is 0 Å². The van der Waals surface area contributed by atoms with Gasteiger partial charge in [0.2, 0.25) is 0 Å². The van der Waals surface area contributed by atoms with E-state index in [1.807, 2.05) is 23.9 Å². The van der Waals surface area contributed by atoms with E-state index in [4.69, 9.17) is 0 Å². The van der Waals surface area contributed by atoms with Gasteiger partial charge in [-0.1, -0.05) is 6.42 Å². The minimum absolute atomic E-state index is 0. The predicted octanol–water partition coefficient (Wildman–Crippen LogP) is -2.17. The summed E-state index contributed by atoms with van der Waals surface area (Å²) in [6, 6.07) is 3.59. The number of aryl methyl sites for hydroxylation is 1. The Balaban J connectivity index is 0.00000161. The van der Waals surface area contributed by atoms with E-state index in [-0.39, 0.29) is 24.6 Å². The molecular weight excluding hydrogens is 261 g/mol. The van der Waals surface area contributed by atoms with Crippen molar-refractivity contribution in [3.63, 3.8) is 0 Å². The summed E-state index contributed by atoms with van der Waals surface area (Å²) in [6.45, 7) is 1.66.